The summed E-state index contributed by atoms with van der Waals surface area (Å²) in [4.78, 5) is 12.5. The largest absolute Gasteiger partial charge is 0.496 e. The standard InChI is InChI=1S/C16H27N3O4S/c1-6-19(7-2)24(21,22)12-8-9-14(23-5)13(10-12)15(20)18-11-16(3,4)17/h8-10H,6-7,11,17H2,1-5H3,(H,18,20). The van der Waals surface area contributed by atoms with Gasteiger partial charge in [0.15, 0.2) is 0 Å². The van der Waals surface area contributed by atoms with E-state index in [1.807, 2.05) is 0 Å². The van der Waals surface area contributed by atoms with Gasteiger partial charge < -0.3 is 15.8 Å². The Morgan fingerprint density at radius 3 is 2.33 bits per heavy atom. The maximum absolute atomic E-state index is 12.6. The average Bonchev–Trinajstić information content (AvgIpc) is 2.52. The molecule has 7 nitrogen and oxygen atoms in total. The van der Waals surface area contributed by atoms with E-state index in [2.05, 4.69) is 5.32 Å². The summed E-state index contributed by atoms with van der Waals surface area (Å²) in [7, 11) is -2.22. The molecule has 0 spiro atoms. The highest BCUT2D eigenvalue weighted by molar-refractivity contribution is 7.89. The van der Waals surface area contributed by atoms with E-state index in [9.17, 15) is 13.2 Å². The first-order valence-corrected chi connectivity index (χ1v) is 9.26. The van der Waals surface area contributed by atoms with Gasteiger partial charge >= 0.3 is 0 Å². The lowest BCUT2D eigenvalue weighted by Gasteiger charge is -2.21. The highest BCUT2D eigenvalue weighted by Crippen LogP contribution is 2.24. The number of amides is 1. The van der Waals surface area contributed by atoms with E-state index in [0.717, 1.165) is 0 Å². The number of benzene rings is 1. The minimum absolute atomic E-state index is 0.0594. The Balaban J connectivity index is 3.24. The quantitative estimate of drug-likeness (QED) is 0.728. The van der Waals surface area contributed by atoms with E-state index in [1.165, 1.54) is 29.6 Å². The lowest BCUT2D eigenvalue weighted by Crippen LogP contribution is -2.45. The SMILES string of the molecule is CCN(CC)S(=O)(=O)c1ccc(OC)c(C(=O)NCC(C)(C)N)c1. The summed E-state index contributed by atoms with van der Waals surface area (Å²) in [5.74, 6) is -0.122. The minimum atomic E-state index is -3.65. The van der Waals surface area contributed by atoms with Gasteiger partial charge in [0.1, 0.15) is 5.75 Å². The highest BCUT2D eigenvalue weighted by Gasteiger charge is 2.25. The van der Waals surface area contributed by atoms with Crippen LogP contribution in [0.5, 0.6) is 5.75 Å². The topological polar surface area (TPSA) is 102 Å². The zero-order valence-corrected chi connectivity index (χ0v) is 15.7. The van der Waals surface area contributed by atoms with Gasteiger partial charge in [-0.15, -0.1) is 0 Å². The molecule has 1 aromatic carbocycles. The zero-order chi connectivity index (χ0) is 18.5. The van der Waals surface area contributed by atoms with Crippen LogP contribution in [0.15, 0.2) is 23.1 Å². The van der Waals surface area contributed by atoms with Crippen LogP contribution in [0.1, 0.15) is 38.1 Å². The van der Waals surface area contributed by atoms with E-state index in [-0.39, 0.29) is 17.0 Å². The molecule has 0 bridgehead atoms. The fraction of sp³-hybridized carbons (Fsp3) is 0.562. The number of methoxy groups -OCH3 is 1. The Bertz CT molecular complexity index is 677. The Morgan fingerprint density at radius 2 is 1.88 bits per heavy atom. The van der Waals surface area contributed by atoms with Gasteiger partial charge in [0.05, 0.1) is 17.6 Å². The van der Waals surface area contributed by atoms with Crippen molar-refractivity contribution >= 4 is 15.9 Å². The molecule has 1 aromatic rings. The van der Waals surface area contributed by atoms with Crippen LogP contribution in [0.4, 0.5) is 0 Å². The van der Waals surface area contributed by atoms with E-state index in [4.69, 9.17) is 10.5 Å². The van der Waals surface area contributed by atoms with Crippen LogP contribution >= 0.6 is 0 Å². The number of nitrogens with two attached hydrogens (primary N) is 1. The molecule has 0 saturated carbocycles. The molecule has 1 amide bonds. The molecule has 0 radical (unpaired) electrons. The molecular weight excluding hydrogens is 330 g/mol. The van der Waals surface area contributed by atoms with Crippen molar-refractivity contribution in [3.05, 3.63) is 23.8 Å². The van der Waals surface area contributed by atoms with Gasteiger partial charge in [-0.3, -0.25) is 4.79 Å². The van der Waals surface area contributed by atoms with Crippen molar-refractivity contribution in [3.8, 4) is 5.75 Å². The first-order chi connectivity index (χ1) is 11.1. The number of carbonyl (C=O) groups is 1. The third-order valence-corrected chi connectivity index (χ3v) is 5.51. The normalized spacial score (nSPS) is 12.3. The molecule has 0 aromatic heterocycles. The van der Waals surface area contributed by atoms with Gasteiger partial charge in [0.2, 0.25) is 10.0 Å². The fourth-order valence-corrected chi connectivity index (χ4v) is 3.63. The molecule has 0 aliphatic carbocycles. The maximum Gasteiger partial charge on any atom is 0.255 e. The van der Waals surface area contributed by atoms with Crippen molar-refractivity contribution in [3.63, 3.8) is 0 Å². The number of ether oxygens (including phenoxy) is 1. The summed E-state index contributed by atoms with van der Waals surface area (Å²) in [6.45, 7) is 8.06. The smallest absolute Gasteiger partial charge is 0.255 e. The Morgan fingerprint density at radius 1 is 1.29 bits per heavy atom. The van der Waals surface area contributed by atoms with E-state index >= 15 is 0 Å². The monoisotopic (exact) mass is 357 g/mol. The number of nitrogens with one attached hydrogen (secondary N) is 1. The van der Waals surface area contributed by atoms with Crippen molar-refractivity contribution < 1.29 is 17.9 Å². The number of hydrogen-bond donors (Lipinski definition) is 2. The summed E-state index contributed by atoms with van der Waals surface area (Å²) >= 11 is 0. The molecule has 0 atom stereocenters. The molecule has 24 heavy (non-hydrogen) atoms. The lowest BCUT2D eigenvalue weighted by molar-refractivity contribution is 0.0942. The van der Waals surface area contributed by atoms with Gasteiger partial charge in [-0.2, -0.15) is 4.31 Å². The van der Waals surface area contributed by atoms with Crippen LogP contribution in [0, 0.1) is 0 Å². The van der Waals surface area contributed by atoms with Crippen LogP contribution in [-0.4, -0.2) is 50.9 Å². The molecule has 0 aliphatic rings. The summed E-state index contributed by atoms with van der Waals surface area (Å²) in [5, 5.41) is 2.70. The van der Waals surface area contributed by atoms with E-state index < -0.39 is 21.5 Å². The van der Waals surface area contributed by atoms with Gasteiger partial charge in [0, 0.05) is 25.2 Å². The van der Waals surface area contributed by atoms with Crippen molar-refractivity contribution in [2.24, 2.45) is 5.73 Å². The molecule has 0 aliphatic heterocycles. The van der Waals surface area contributed by atoms with Crippen LogP contribution in [0.3, 0.4) is 0 Å². The summed E-state index contributed by atoms with van der Waals surface area (Å²) in [6, 6.07) is 4.26. The van der Waals surface area contributed by atoms with Crippen molar-refractivity contribution in [2.75, 3.05) is 26.7 Å². The number of nitrogens with zero attached hydrogens (tertiary/aromatic N) is 1. The molecule has 0 saturated heterocycles. The second-order valence-electron chi connectivity index (χ2n) is 6.12. The number of rotatable bonds is 8. The highest BCUT2D eigenvalue weighted by atomic mass is 32.2. The molecule has 1 rings (SSSR count). The third-order valence-electron chi connectivity index (χ3n) is 3.46. The van der Waals surface area contributed by atoms with Gasteiger partial charge in [-0.1, -0.05) is 13.8 Å². The molecule has 0 heterocycles. The van der Waals surface area contributed by atoms with Crippen LogP contribution in [0.25, 0.3) is 0 Å². The van der Waals surface area contributed by atoms with Crippen LogP contribution in [-0.2, 0) is 10.0 Å². The molecule has 3 N–H and O–H groups in total. The molecule has 0 fully saturated rings. The second-order valence-corrected chi connectivity index (χ2v) is 8.06. The first kappa shape index (κ1) is 20.4. The molecule has 8 heteroatoms. The predicted octanol–water partition coefficient (Wildman–Crippen LogP) is 1.19. The van der Waals surface area contributed by atoms with Gasteiger partial charge in [-0.25, -0.2) is 8.42 Å². The minimum Gasteiger partial charge on any atom is -0.496 e. The van der Waals surface area contributed by atoms with E-state index in [1.54, 1.807) is 27.7 Å². The summed E-state index contributed by atoms with van der Waals surface area (Å²) in [6.07, 6.45) is 0. The summed E-state index contributed by atoms with van der Waals surface area (Å²) in [5.41, 5.74) is 5.45. The van der Waals surface area contributed by atoms with E-state index in [0.29, 0.717) is 18.8 Å². The second kappa shape index (κ2) is 7.96. The third kappa shape index (κ3) is 4.93. The Labute approximate surface area is 144 Å². The van der Waals surface area contributed by atoms with Crippen molar-refractivity contribution in [2.45, 2.75) is 38.1 Å². The number of hydrogen-bond acceptors (Lipinski definition) is 5. The average molecular weight is 357 g/mol. The van der Waals surface area contributed by atoms with Gasteiger partial charge in [0.25, 0.3) is 5.91 Å². The molecule has 0 unspecified atom stereocenters. The number of sulfonamides is 1. The van der Waals surface area contributed by atoms with Crippen LogP contribution in [0.2, 0.25) is 0 Å². The fourth-order valence-electron chi connectivity index (χ4n) is 2.14. The Kier molecular flexibility index (Phi) is 6.76. The molecular formula is C16H27N3O4S. The van der Waals surface area contributed by atoms with Crippen molar-refractivity contribution in [1.29, 1.82) is 0 Å². The predicted molar refractivity (Wildman–Crippen MR) is 93.7 cm³/mol. The zero-order valence-electron chi connectivity index (χ0n) is 14.9. The van der Waals surface area contributed by atoms with Crippen LogP contribution < -0.4 is 15.8 Å². The molecule has 136 valence electrons. The Hall–Kier alpha value is -1.64. The first-order valence-electron chi connectivity index (χ1n) is 7.82. The van der Waals surface area contributed by atoms with Crippen molar-refractivity contribution in [1.82, 2.24) is 9.62 Å². The summed E-state index contributed by atoms with van der Waals surface area (Å²) < 4.78 is 31.8. The number of carbonyl (C=O) groups excluding carboxylic acids is 1. The maximum atomic E-state index is 12.6. The lowest BCUT2D eigenvalue weighted by atomic mass is 10.1. The van der Waals surface area contributed by atoms with Gasteiger partial charge in [-0.05, 0) is 32.0 Å².